The molecular weight excluding hydrogens is 410 g/mol. The van der Waals surface area contributed by atoms with E-state index in [1.807, 2.05) is 36.4 Å². The van der Waals surface area contributed by atoms with Gasteiger partial charge < -0.3 is 24.4 Å². The minimum atomic E-state index is -0.196. The lowest BCUT2D eigenvalue weighted by Crippen LogP contribution is -2.32. The molecule has 8 nitrogen and oxygen atoms in total. The summed E-state index contributed by atoms with van der Waals surface area (Å²) < 4.78 is 16.5. The number of rotatable bonds is 6. The highest BCUT2D eigenvalue weighted by molar-refractivity contribution is 6.09. The average molecular weight is 431 g/mol. The van der Waals surface area contributed by atoms with Gasteiger partial charge in [-0.05, 0) is 48.4 Å². The summed E-state index contributed by atoms with van der Waals surface area (Å²) in [6.45, 7) is 0.994. The molecule has 0 saturated carbocycles. The lowest BCUT2D eigenvalue weighted by molar-refractivity contribution is -0.121. The number of fused-ring (bicyclic) bond motifs is 3. The summed E-state index contributed by atoms with van der Waals surface area (Å²) in [7, 11) is 0. The zero-order chi connectivity index (χ0) is 21.9. The number of pyridine rings is 1. The Hall–Kier alpha value is -4.07. The second-order valence-electron chi connectivity index (χ2n) is 7.45. The maximum Gasteiger partial charge on any atom is 0.263 e. The van der Waals surface area contributed by atoms with Crippen LogP contribution in [0.4, 0.5) is 5.69 Å². The summed E-state index contributed by atoms with van der Waals surface area (Å²) in [5.41, 5.74) is 1.99. The highest BCUT2D eigenvalue weighted by Gasteiger charge is 2.28. The van der Waals surface area contributed by atoms with Crippen LogP contribution in [0, 0.1) is 0 Å². The summed E-state index contributed by atoms with van der Waals surface area (Å²) in [6.07, 6.45) is 2.38. The van der Waals surface area contributed by atoms with Gasteiger partial charge in [0.2, 0.25) is 18.6 Å². The molecule has 0 unspecified atom stereocenters. The Morgan fingerprint density at radius 3 is 2.84 bits per heavy atom. The number of aromatic nitrogens is 1. The normalized spacial score (nSPS) is 13.6. The number of hydrogen-bond donors (Lipinski definition) is 1. The molecule has 0 aliphatic carbocycles. The average Bonchev–Trinajstić information content (AvgIpc) is 3.25. The topological polar surface area (TPSA) is 90.0 Å². The number of para-hydroxylation sites is 2. The molecular formula is C24H21N3O5. The van der Waals surface area contributed by atoms with E-state index in [0.717, 1.165) is 5.56 Å². The van der Waals surface area contributed by atoms with Gasteiger partial charge in [0.25, 0.3) is 5.91 Å². The molecule has 0 radical (unpaired) electrons. The Balaban J connectivity index is 1.21. The van der Waals surface area contributed by atoms with Gasteiger partial charge >= 0.3 is 0 Å². The lowest BCUT2D eigenvalue weighted by Gasteiger charge is -2.21. The van der Waals surface area contributed by atoms with Gasteiger partial charge in [-0.3, -0.25) is 9.59 Å². The number of nitrogens with zero attached hydrogens (tertiary/aromatic N) is 2. The molecule has 5 rings (SSSR count). The van der Waals surface area contributed by atoms with Crippen molar-refractivity contribution in [3.05, 3.63) is 71.9 Å². The second-order valence-corrected chi connectivity index (χ2v) is 7.45. The van der Waals surface area contributed by atoms with E-state index in [2.05, 4.69) is 10.3 Å². The molecule has 32 heavy (non-hydrogen) atoms. The first-order valence-electron chi connectivity index (χ1n) is 10.4. The monoisotopic (exact) mass is 431 g/mol. The van der Waals surface area contributed by atoms with E-state index < -0.39 is 0 Å². The van der Waals surface area contributed by atoms with Crippen molar-refractivity contribution in [3.63, 3.8) is 0 Å². The molecule has 0 spiro atoms. The smallest absolute Gasteiger partial charge is 0.263 e. The van der Waals surface area contributed by atoms with Crippen LogP contribution in [0.15, 0.2) is 60.8 Å². The number of benzene rings is 2. The van der Waals surface area contributed by atoms with Gasteiger partial charge in [-0.15, -0.1) is 0 Å². The van der Waals surface area contributed by atoms with Gasteiger partial charge in [-0.25, -0.2) is 4.98 Å². The van der Waals surface area contributed by atoms with Gasteiger partial charge in [-0.2, -0.15) is 0 Å². The van der Waals surface area contributed by atoms with Crippen molar-refractivity contribution in [2.24, 2.45) is 0 Å². The molecule has 3 aromatic rings. The van der Waals surface area contributed by atoms with Crippen molar-refractivity contribution in [1.29, 1.82) is 0 Å². The van der Waals surface area contributed by atoms with Crippen LogP contribution in [0.25, 0.3) is 0 Å². The van der Waals surface area contributed by atoms with E-state index in [-0.39, 0.29) is 30.9 Å². The standard InChI is InChI=1S/C24H21N3O5/c28-22(26-14-16-9-10-20-21(13-16)31-15-30-20)8-4-12-27-18-6-1-2-7-19(18)32-23-17(24(27)29)5-3-11-25-23/h1-3,5-7,9-11,13H,4,8,12,14-15H2,(H,26,28). The number of nitrogens with one attached hydrogen (secondary N) is 1. The maximum absolute atomic E-state index is 13.2. The first-order chi connectivity index (χ1) is 15.7. The third-order valence-corrected chi connectivity index (χ3v) is 5.32. The number of carbonyl (C=O) groups is 2. The quantitative estimate of drug-likeness (QED) is 0.641. The number of anilines is 1. The fourth-order valence-corrected chi connectivity index (χ4v) is 3.72. The predicted molar refractivity (Wildman–Crippen MR) is 116 cm³/mol. The molecule has 3 heterocycles. The Morgan fingerprint density at radius 2 is 1.91 bits per heavy atom. The maximum atomic E-state index is 13.2. The Labute approximate surface area is 184 Å². The molecule has 0 atom stereocenters. The molecule has 2 amide bonds. The molecule has 8 heteroatoms. The third kappa shape index (κ3) is 3.94. The highest BCUT2D eigenvalue weighted by Crippen LogP contribution is 2.37. The number of hydrogen-bond acceptors (Lipinski definition) is 6. The molecule has 2 aromatic carbocycles. The SMILES string of the molecule is O=C(CCCN1C(=O)c2cccnc2Oc2ccccc21)NCc1ccc2c(c1)OCO2. The highest BCUT2D eigenvalue weighted by atomic mass is 16.7. The summed E-state index contributed by atoms with van der Waals surface area (Å²) in [5, 5.41) is 2.91. The third-order valence-electron chi connectivity index (χ3n) is 5.32. The minimum absolute atomic E-state index is 0.0865. The fourth-order valence-electron chi connectivity index (χ4n) is 3.72. The van der Waals surface area contributed by atoms with Crippen LogP contribution in [0.3, 0.4) is 0 Å². The number of ether oxygens (including phenoxy) is 3. The molecule has 0 bridgehead atoms. The van der Waals surface area contributed by atoms with Gasteiger partial charge in [-0.1, -0.05) is 18.2 Å². The Bertz CT molecular complexity index is 1180. The minimum Gasteiger partial charge on any atom is -0.454 e. The van der Waals surface area contributed by atoms with Crippen LogP contribution in [0.5, 0.6) is 23.1 Å². The van der Waals surface area contributed by atoms with E-state index in [1.54, 1.807) is 29.3 Å². The second kappa shape index (κ2) is 8.58. The fraction of sp³-hybridized carbons (Fsp3) is 0.208. The number of carbonyl (C=O) groups excluding carboxylic acids is 2. The molecule has 0 saturated heterocycles. The van der Waals surface area contributed by atoms with Crippen LogP contribution < -0.4 is 24.4 Å². The molecule has 2 aliphatic rings. The van der Waals surface area contributed by atoms with Crippen molar-refractivity contribution in [1.82, 2.24) is 10.3 Å². The van der Waals surface area contributed by atoms with Gasteiger partial charge in [0.1, 0.15) is 5.56 Å². The first kappa shape index (κ1) is 19.9. The summed E-state index contributed by atoms with van der Waals surface area (Å²) in [4.78, 5) is 31.4. The Morgan fingerprint density at radius 1 is 1.03 bits per heavy atom. The largest absolute Gasteiger partial charge is 0.454 e. The van der Waals surface area contributed by atoms with Crippen LogP contribution in [-0.2, 0) is 11.3 Å². The summed E-state index contributed by atoms with van der Waals surface area (Å²) in [5.74, 6) is 1.96. The van der Waals surface area contributed by atoms with E-state index in [0.29, 0.717) is 48.0 Å². The summed E-state index contributed by atoms with van der Waals surface area (Å²) >= 11 is 0. The predicted octanol–water partition coefficient (Wildman–Crippen LogP) is 3.66. The molecule has 2 aliphatic heterocycles. The van der Waals surface area contributed by atoms with Crippen molar-refractivity contribution < 1.29 is 23.8 Å². The lowest BCUT2D eigenvalue weighted by atomic mass is 10.1. The van der Waals surface area contributed by atoms with Gasteiger partial charge in [0.15, 0.2) is 17.2 Å². The Kier molecular flexibility index (Phi) is 5.33. The van der Waals surface area contributed by atoms with Crippen molar-refractivity contribution >= 4 is 17.5 Å². The molecule has 1 N–H and O–H groups in total. The van der Waals surface area contributed by atoms with Crippen molar-refractivity contribution in [2.75, 3.05) is 18.2 Å². The van der Waals surface area contributed by atoms with E-state index in [1.165, 1.54) is 0 Å². The molecule has 0 fully saturated rings. The zero-order valence-electron chi connectivity index (χ0n) is 17.2. The first-order valence-corrected chi connectivity index (χ1v) is 10.4. The van der Waals surface area contributed by atoms with Gasteiger partial charge in [0, 0.05) is 25.7 Å². The summed E-state index contributed by atoms with van der Waals surface area (Å²) in [6, 6.07) is 16.3. The van der Waals surface area contributed by atoms with Crippen molar-refractivity contribution in [3.8, 4) is 23.1 Å². The van der Waals surface area contributed by atoms with Crippen LogP contribution in [0.2, 0.25) is 0 Å². The van der Waals surface area contributed by atoms with Crippen LogP contribution >= 0.6 is 0 Å². The molecule has 162 valence electrons. The van der Waals surface area contributed by atoms with E-state index in [9.17, 15) is 9.59 Å². The molecule has 1 aromatic heterocycles. The van der Waals surface area contributed by atoms with E-state index in [4.69, 9.17) is 14.2 Å². The zero-order valence-corrected chi connectivity index (χ0v) is 17.2. The van der Waals surface area contributed by atoms with Crippen LogP contribution in [0.1, 0.15) is 28.8 Å². The van der Waals surface area contributed by atoms with Crippen LogP contribution in [-0.4, -0.2) is 30.1 Å². The van der Waals surface area contributed by atoms with Gasteiger partial charge in [0.05, 0.1) is 5.69 Å². The van der Waals surface area contributed by atoms with E-state index >= 15 is 0 Å². The van der Waals surface area contributed by atoms with Crippen molar-refractivity contribution in [2.45, 2.75) is 19.4 Å². The number of amides is 2.